The Kier molecular flexibility index (Phi) is 5.97. The lowest BCUT2D eigenvalue weighted by Crippen LogP contribution is -2.53. The highest BCUT2D eigenvalue weighted by atomic mass is 35.5. The molecule has 0 aromatic heterocycles. The summed E-state index contributed by atoms with van der Waals surface area (Å²) < 4.78 is 0. The van der Waals surface area contributed by atoms with Gasteiger partial charge in [-0.1, -0.05) is 30.2 Å². The molecule has 0 spiro atoms. The van der Waals surface area contributed by atoms with E-state index in [1.807, 2.05) is 31.2 Å². The molecule has 1 aliphatic carbocycles. The number of hydrogen-bond acceptors (Lipinski definition) is 3. The zero-order valence-corrected chi connectivity index (χ0v) is 14.0. The Hall–Kier alpha value is -0.710. The topological polar surface area (TPSA) is 55.1 Å². The smallest absolute Gasteiger partial charge is 0.237 e. The average Bonchev–Trinajstić information content (AvgIpc) is 3.24. The first-order valence-electron chi connectivity index (χ1n) is 7.46. The molecule has 2 rings (SSSR count). The molecule has 0 saturated heterocycles. The quantitative estimate of drug-likeness (QED) is 0.538. The first-order chi connectivity index (χ1) is 10.0. The molecule has 5 heteroatoms. The SMILES string of the molecule is CC(CCCCSc1ccccc1Cl)(NC1CC1)C(N)=O. The van der Waals surface area contributed by atoms with Crippen molar-refractivity contribution in [1.82, 2.24) is 5.32 Å². The highest BCUT2D eigenvalue weighted by Gasteiger charge is 2.36. The number of halogens is 1. The third-order valence-electron chi connectivity index (χ3n) is 3.81. The van der Waals surface area contributed by atoms with Gasteiger partial charge in [-0.25, -0.2) is 0 Å². The maximum Gasteiger partial charge on any atom is 0.237 e. The zero-order valence-electron chi connectivity index (χ0n) is 12.4. The number of hydrogen-bond donors (Lipinski definition) is 2. The van der Waals surface area contributed by atoms with Crippen molar-refractivity contribution in [3.63, 3.8) is 0 Å². The zero-order chi connectivity index (χ0) is 15.3. The molecule has 116 valence electrons. The van der Waals surface area contributed by atoms with Crippen LogP contribution in [-0.2, 0) is 4.79 Å². The number of nitrogens with two attached hydrogens (primary N) is 1. The van der Waals surface area contributed by atoms with Crippen molar-refractivity contribution >= 4 is 29.3 Å². The summed E-state index contributed by atoms with van der Waals surface area (Å²) in [6.45, 7) is 1.93. The normalized spacial score (nSPS) is 17.4. The fraction of sp³-hybridized carbons (Fsp3) is 0.562. The predicted octanol–water partition coefficient (Wildman–Crippen LogP) is 3.60. The summed E-state index contributed by atoms with van der Waals surface area (Å²) in [5.41, 5.74) is 4.99. The minimum absolute atomic E-state index is 0.242. The first-order valence-corrected chi connectivity index (χ1v) is 8.82. The number of carbonyl (C=O) groups is 1. The second-order valence-electron chi connectivity index (χ2n) is 5.85. The van der Waals surface area contributed by atoms with Gasteiger partial charge in [-0.15, -0.1) is 11.8 Å². The fourth-order valence-electron chi connectivity index (χ4n) is 2.27. The lowest BCUT2D eigenvalue weighted by molar-refractivity contribution is -0.124. The van der Waals surface area contributed by atoms with Crippen molar-refractivity contribution in [3.8, 4) is 0 Å². The van der Waals surface area contributed by atoms with Crippen molar-refractivity contribution in [2.75, 3.05) is 5.75 Å². The van der Waals surface area contributed by atoms with Crippen LogP contribution in [0.1, 0.15) is 39.0 Å². The van der Waals surface area contributed by atoms with Gasteiger partial charge in [-0.05, 0) is 50.5 Å². The first kappa shape index (κ1) is 16.7. The van der Waals surface area contributed by atoms with Crippen LogP contribution >= 0.6 is 23.4 Å². The number of thioether (sulfide) groups is 1. The van der Waals surface area contributed by atoms with E-state index in [9.17, 15) is 4.79 Å². The van der Waals surface area contributed by atoms with Crippen LogP contribution in [0.3, 0.4) is 0 Å². The van der Waals surface area contributed by atoms with Gasteiger partial charge < -0.3 is 11.1 Å². The van der Waals surface area contributed by atoms with E-state index in [0.717, 1.165) is 47.8 Å². The van der Waals surface area contributed by atoms with E-state index >= 15 is 0 Å². The number of unbranched alkanes of at least 4 members (excludes halogenated alkanes) is 1. The number of rotatable bonds is 9. The van der Waals surface area contributed by atoms with Gasteiger partial charge in [-0.3, -0.25) is 4.79 Å². The van der Waals surface area contributed by atoms with Crippen LogP contribution < -0.4 is 11.1 Å². The van der Waals surface area contributed by atoms with Gasteiger partial charge in [0.2, 0.25) is 5.91 Å². The molecule has 3 nitrogen and oxygen atoms in total. The molecular weight excluding hydrogens is 304 g/mol. The molecular formula is C16H23ClN2OS. The minimum Gasteiger partial charge on any atom is -0.368 e. The standard InChI is InChI=1S/C16H23ClN2OS/c1-16(15(18)20,19-12-8-9-12)10-4-5-11-21-14-7-3-2-6-13(14)17/h2-3,6-7,12,19H,4-5,8-11H2,1H3,(H2,18,20). The molecule has 3 N–H and O–H groups in total. The summed E-state index contributed by atoms with van der Waals surface area (Å²) in [6, 6.07) is 8.37. The Morgan fingerprint density at radius 3 is 2.76 bits per heavy atom. The Morgan fingerprint density at radius 1 is 1.43 bits per heavy atom. The molecule has 1 amide bonds. The van der Waals surface area contributed by atoms with Gasteiger partial charge in [0.25, 0.3) is 0 Å². The minimum atomic E-state index is -0.559. The monoisotopic (exact) mass is 326 g/mol. The number of nitrogens with one attached hydrogen (secondary N) is 1. The lowest BCUT2D eigenvalue weighted by Gasteiger charge is -2.27. The summed E-state index contributed by atoms with van der Waals surface area (Å²) in [7, 11) is 0. The highest BCUT2D eigenvalue weighted by molar-refractivity contribution is 7.99. The van der Waals surface area contributed by atoms with Crippen LogP contribution in [0.25, 0.3) is 0 Å². The van der Waals surface area contributed by atoms with Gasteiger partial charge in [0, 0.05) is 10.9 Å². The summed E-state index contributed by atoms with van der Waals surface area (Å²) in [5.74, 6) is 0.760. The van der Waals surface area contributed by atoms with Crippen molar-refractivity contribution in [2.24, 2.45) is 5.73 Å². The Morgan fingerprint density at radius 2 is 2.14 bits per heavy atom. The van der Waals surface area contributed by atoms with Crippen molar-refractivity contribution in [3.05, 3.63) is 29.3 Å². The lowest BCUT2D eigenvalue weighted by atomic mass is 9.94. The molecule has 0 heterocycles. The Labute approximate surface area is 136 Å². The third kappa shape index (κ3) is 5.20. The maximum atomic E-state index is 11.7. The summed E-state index contributed by atoms with van der Waals surface area (Å²) in [5, 5.41) is 4.19. The molecule has 0 radical (unpaired) electrons. The van der Waals surface area contributed by atoms with Crippen LogP contribution in [0.2, 0.25) is 5.02 Å². The van der Waals surface area contributed by atoms with Crippen molar-refractivity contribution in [2.45, 2.75) is 55.5 Å². The molecule has 1 unspecified atom stereocenters. The third-order valence-corrected chi connectivity index (χ3v) is 5.41. The van der Waals surface area contributed by atoms with Gasteiger partial charge in [0.15, 0.2) is 0 Å². The van der Waals surface area contributed by atoms with E-state index in [1.54, 1.807) is 11.8 Å². The Balaban J connectivity index is 1.70. The fourth-order valence-corrected chi connectivity index (χ4v) is 3.52. The Bertz CT molecular complexity index is 493. The number of benzene rings is 1. The molecule has 1 atom stereocenters. The van der Waals surface area contributed by atoms with Crippen LogP contribution in [0, 0.1) is 0 Å². The van der Waals surface area contributed by atoms with E-state index in [2.05, 4.69) is 5.32 Å². The van der Waals surface area contributed by atoms with E-state index in [1.165, 1.54) is 0 Å². The van der Waals surface area contributed by atoms with Crippen molar-refractivity contribution < 1.29 is 4.79 Å². The second kappa shape index (κ2) is 7.52. The van der Waals surface area contributed by atoms with Gasteiger partial charge in [0.1, 0.15) is 0 Å². The molecule has 1 saturated carbocycles. The molecule has 1 aromatic carbocycles. The number of carbonyl (C=O) groups excluding carboxylic acids is 1. The molecule has 0 aliphatic heterocycles. The number of primary amides is 1. The largest absolute Gasteiger partial charge is 0.368 e. The van der Waals surface area contributed by atoms with Crippen LogP contribution in [-0.4, -0.2) is 23.2 Å². The summed E-state index contributed by atoms with van der Waals surface area (Å²) >= 11 is 7.89. The molecule has 21 heavy (non-hydrogen) atoms. The summed E-state index contributed by atoms with van der Waals surface area (Å²) in [6.07, 6.45) is 5.14. The van der Waals surface area contributed by atoms with Gasteiger partial charge >= 0.3 is 0 Å². The molecule has 1 fully saturated rings. The van der Waals surface area contributed by atoms with Crippen LogP contribution in [0.4, 0.5) is 0 Å². The van der Waals surface area contributed by atoms with Gasteiger partial charge in [-0.2, -0.15) is 0 Å². The summed E-state index contributed by atoms with van der Waals surface area (Å²) in [4.78, 5) is 12.8. The van der Waals surface area contributed by atoms with Crippen LogP contribution in [0.5, 0.6) is 0 Å². The maximum absolute atomic E-state index is 11.7. The number of amides is 1. The predicted molar refractivity (Wildman–Crippen MR) is 89.8 cm³/mol. The van der Waals surface area contributed by atoms with Crippen LogP contribution in [0.15, 0.2) is 29.2 Å². The molecule has 1 aromatic rings. The second-order valence-corrected chi connectivity index (χ2v) is 7.39. The highest BCUT2D eigenvalue weighted by Crippen LogP contribution is 2.28. The van der Waals surface area contributed by atoms with E-state index in [0.29, 0.717) is 6.04 Å². The van der Waals surface area contributed by atoms with E-state index < -0.39 is 5.54 Å². The van der Waals surface area contributed by atoms with Gasteiger partial charge in [0.05, 0.1) is 10.6 Å². The molecule has 1 aliphatic rings. The van der Waals surface area contributed by atoms with E-state index in [4.69, 9.17) is 17.3 Å². The molecule has 0 bridgehead atoms. The average molecular weight is 327 g/mol. The van der Waals surface area contributed by atoms with Crippen molar-refractivity contribution in [1.29, 1.82) is 0 Å². The van der Waals surface area contributed by atoms with E-state index in [-0.39, 0.29) is 5.91 Å².